The van der Waals surface area contributed by atoms with Crippen molar-refractivity contribution in [3.8, 4) is 0 Å². The van der Waals surface area contributed by atoms with E-state index in [9.17, 15) is 14.7 Å². The topological polar surface area (TPSA) is 84.7 Å². The lowest BCUT2D eigenvalue weighted by Gasteiger charge is -2.27. The van der Waals surface area contributed by atoms with Gasteiger partial charge in [-0.25, -0.2) is 0 Å². The predicted octanol–water partition coefficient (Wildman–Crippen LogP) is 4.41. The summed E-state index contributed by atoms with van der Waals surface area (Å²) in [6.45, 7) is 6.63. The second-order valence-electron chi connectivity index (χ2n) is 10.7. The number of aromatic nitrogens is 2. The highest BCUT2D eigenvalue weighted by atomic mass is 16.5. The summed E-state index contributed by atoms with van der Waals surface area (Å²) >= 11 is 0. The zero-order valence-electron chi connectivity index (χ0n) is 21.8. The minimum Gasteiger partial charge on any atom is -0.480 e. The first-order valence-electron chi connectivity index (χ1n) is 13.7. The zero-order chi connectivity index (χ0) is 25.5. The fraction of sp³-hybridized carbons (Fsp3) is 0.621. The SMILES string of the molecule is CC(C)CCn1c(C(C(=O)O)N2CC[C@@H](OCCCCc3ccc4c(n3)CCCC4)C2)cccc1=O. The molecule has 0 radical (unpaired) electrons. The molecule has 7 heteroatoms. The number of carboxylic acids is 1. The first-order valence-corrected chi connectivity index (χ1v) is 13.7. The lowest BCUT2D eigenvalue weighted by atomic mass is 9.95. The van der Waals surface area contributed by atoms with E-state index in [4.69, 9.17) is 9.72 Å². The minimum atomic E-state index is -0.919. The van der Waals surface area contributed by atoms with E-state index in [-0.39, 0.29) is 11.7 Å². The number of likely N-dealkylation sites (tertiary alicyclic amines) is 1. The molecular formula is C29H41N3O4. The lowest BCUT2D eigenvalue weighted by Crippen LogP contribution is -2.37. The van der Waals surface area contributed by atoms with Gasteiger partial charge in [-0.2, -0.15) is 0 Å². The van der Waals surface area contributed by atoms with E-state index in [0.717, 1.165) is 44.9 Å². The number of pyridine rings is 2. The Morgan fingerprint density at radius 2 is 2.00 bits per heavy atom. The van der Waals surface area contributed by atoms with Crippen LogP contribution in [0.15, 0.2) is 35.1 Å². The Morgan fingerprint density at radius 1 is 1.17 bits per heavy atom. The van der Waals surface area contributed by atoms with E-state index >= 15 is 0 Å². The standard InChI is InChI=1S/C29H41N3O4/c1-21(2)15-18-32-26(11-7-12-27(32)33)28(29(34)35)31-17-16-24(20-31)36-19-6-5-9-23-14-13-22-8-3-4-10-25(22)30-23/h7,11-14,21,24,28H,3-6,8-10,15-20H2,1-2H3,(H,34,35)/t24-,28?/m1/s1. The van der Waals surface area contributed by atoms with Crippen molar-refractivity contribution in [1.82, 2.24) is 14.5 Å². The zero-order valence-corrected chi connectivity index (χ0v) is 21.8. The highest BCUT2D eigenvalue weighted by Crippen LogP contribution is 2.27. The molecule has 1 N–H and O–H groups in total. The van der Waals surface area contributed by atoms with Gasteiger partial charge in [-0.05, 0) is 81.4 Å². The Labute approximate surface area is 214 Å². The van der Waals surface area contributed by atoms with E-state index in [1.165, 1.54) is 35.9 Å². The molecule has 3 heterocycles. The summed E-state index contributed by atoms with van der Waals surface area (Å²) in [4.78, 5) is 31.7. The third-order valence-electron chi connectivity index (χ3n) is 7.49. The largest absolute Gasteiger partial charge is 0.480 e. The normalized spacial score (nSPS) is 18.9. The van der Waals surface area contributed by atoms with Crippen LogP contribution in [0.4, 0.5) is 0 Å². The Balaban J connectivity index is 1.27. The molecule has 1 aliphatic carbocycles. The molecule has 2 aromatic rings. The molecule has 0 spiro atoms. The number of aryl methyl sites for hydroxylation is 3. The Morgan fingerprint density at radius 3 is 2.81 bits per heavy atom. The summed E-state index contributed by atoms with van der Waals surface area (Å²) in [5.74, 6) is -0.488. The van der Waals surface area contributed by atoms with Gasteiger partial charge in [0.2, 0.25) is 0 Å². The number of carboxylic acid groups (broad SMARTS) is 1. The van der Waals surface area contributed by atoms with Crippen LogP contribution < -0.4 is 5.56 Å². The number of ether oxygens (including phenoxy) is 1. The quantitative estimate of drug-likeness (QED) is 0.439. The predicted molar refractivity (Wildman–Crippen MR) is 140 cm³/mol. The molecule has 1 saturated heterocycles. The number of rotatable bonds is 12. The van der Waals surface area contributed by atoms with E-state index in [2.05, 4.69) is 26.0 Å². The van der Waals surface area contributed by atoms with Crippen molar-refractivity contribution in [2.45, 2.75) is 90.3 Å². The van der Waals surface area contributed by atoms with Gasteiger partial charge in [-0.15, -0.1) is 0 Å². The molecule has 1 unspecified atom stereocenters. The van der Waals surface area contributed by atoms with Crippen molar-refractivity contribution in [2.24, 2.45) is 5.92 Å². The average Bonchev–Trinajstić information content (AvgIpc) is 3.31. The number of hydrogen-bond acceptors (Lipinski definition) is 5. The van der Waals surface area contributed by atoms with Crippen LogP contribution in [0.3, 0.4) is 0 Å². The molecule has 36 heavy (non-hydrogen) atoms. The summed E-state index contributed by atoms with van der Waals surface area (Å²) in [6.07, 6.45) is 9.42. The molecule has 2 aromatic heterocycles. The summed E-state index contributed by atoms with van der Waals surface area (Å²) in [7, 11) is 0. The van der Waals surface area contributed by atoms with Crippen molar-refractivity contribution in [3.05, 3.63) is 63.3 Å². The second-order valence-corrected chi connectivity index (χ2v) is 10.7. The third kappa shape index (κ3) is 6.83. The van der Waals surface area contributed by atoms with Crippen LogP contribution in [0, 0.1) is 5.92 Å². The smallest absolute Gasteiger partial charge is 0.327 e. The highest BCUT2D eigenvalue weighted by Gasteiger charge is 2.35. The van der Waals surface area contributed by atoms with Crippen LogP contribution in [0.5, 0.6) is 0 Å². The van der Waals surface area contributed by atoms with Gasteiger partial charge in [-0.3, -0.25) is 19.5 Å². The summed E-state index contributed by atoms with van der Waals surface area (Å²) in [5, 5.41) is 10.1. The van der Waals surface area contributed by atoms with E-state index < -0.39 is 12.0 Å². The van der Waals surface area contributed by atoms with Gasteiger partial charge in [-0.1, -0.05) is 26.0 Å². The summed E-state index contributed by atoms with van der Waals surface area (Å²) in [5.41, 5.74) is 4.32. The van der Waals surface area contributed by atoms with Crippen molar-refractivity contribution < 1.29 is 14.6 Å². The summed E-state index contributed by atoms with van der Waals surface area (Å²) in [6, 6.07) is 8.56. The van der Waals surface area contributed by atoms with E-state index in [1.54, 1.807) is 16.7 Å². The number of hydrogen-bond donors (Lipinski definition) is 1. The molecule has 1 fully saturated rings. The van der Waals surface area contributed by atoms with Crippen molar-refractivity contribution in [1.29, 1.82) is 0 Å². The highest BCUT2D eigenvalue weighted by molar-refractivity contribution is 5.75. The molecule has 4 rings (SSSR count). The number of nitrogens with zero attached hydrogens (tertiary/aromatic N) is 3. The van der Waals surface area contributed by atoms with Gasteiger partial charge in [0.25, 0.3) is 5.56 Å². The Kier molecular flexibility index (Phi) is 9.32. The van der Waals surface area contributed by atoms with Gasteiger partial charge in [0.15, 0.2) is 0 Å². The number of fused-ring (bicyclic) bond motifs is 1. The van der Waals surface area contributed by atoms with Crippen LogP contribution in [-0.4, -0.2) is 51.3 Å². The van der Waals surface area contributed by atoms with Crippen LogP contribution in [0.2, 0.25) is 0 Å². The molecule has 1 aliphatic heterocycles. The molecule has 0 aromatic carbocycles. The van der Waals surface area contributed by atoms with Crippen LogP contribution >= 0.6 is 0 Å². The fourth-order valence-electron chi connectivity index (χ4n) is 5.42. The maximum Gasteiger partial charge on any atom is 0.327 e. The monoisotopic (exact) mass is 495 g/mol. The molecular weight excluding hydrogens is 454 g/mol. The lowest BCUT2D eigenvalue weighted by molar-refractivity contribution is -0.143. The van der Waals surface area contributed by atoms with Gasteiger partial charge in [0, 0.05) is 49.4 Å². The maximum absolute atomic E-state index is 12.6. The van der Waals surface area contributed by atoms with Crippen LogP contribution in [-0.2, 0) is 35.3 Å². The molecule has 0 amide bonds. The Hall–Kier alpha value is -2.51. The van der Waals surface area contributed by atoms with Crippen molar-refractivity contribution in [3.63, 3.8) is 0 Å². The first kappa shape index (κ1) is 26.6. The first-order chi connectivity index (χ1) is 17.4. The minimum absolute atomic E-state index is 0.0215. The molecule has 2 atom stereocenters. The fourth-order valence-corrected chi connectivity index (χ4v) is 5.42. The molecule has 0 saturated carbocycles. The Bertz CT molecular complexity index is 1080. The van der Waals surface area contributed by atoms with E-state index in [1.807, 2.05) is 4.90 Å². The van der Waals surface area contributed by atoms with Crippen molar-refractivity contribution >= 4 is 5.97 Å². The van der Waals surface area contributed by atoms with Crippen LogP contribution in [0.1, 0.15) is 81.1 Å². The second kappa shape index (κ2) is 12.6. The average molecular weight is 496 g/mol. The molecule has 196 valence electrons. The van der Waals surface area contributed by atoms with Crippen LogP contribution in [0.25, 0.3) is 0 Å². The third-order valence-corrected chi connectivity index (χ3v) is 7.49. The number of carbonyl (C=O) groups is 1. The maximum atomic E-state index is 12.6. The van der Waals surface area contributed by atoms with Crippen molar-refractivity contribution in [2.75, 3.05) is 19.7 Å². The summed E-state index contributed by atoms with van der Waals surface area (Å²) < 4.78 is 7.78. The van der Waals surface area contributed by atoms with Gasteiger partial charge < -0.3 is 14.4 Å². The molecule has 7 nitrogen and oxygen atoms in total. The van der Waals surface area contributed by atoms with E-state index in [0.29, 0.717) is 37.9 Å². The molecule has 2 aliphatic rings. The van der Waals surface area contributed by atoms with Gasteiger partial charge in [0.05, 0.1) is 6.10 Å². The molecule has 0 bridgehead atoms. The number of aliphatic carboxylic acids is 1. The van der Waals surface area contributed by atoms with Gasteiger partial charge in [0.1, 0.15) is 6.04 Å². The van der Waals surface area contributed by atoms with Gasteiger partial charge >= 0.3 is 5.97 Å². The number of unbranched alkanes of at least 4 members (excludes halogenated alkanes) is 1.